The number of ether oxygens (including phenoxy) is 1. The van der Waals surface area contributed by atoms with E-state index in [0.717, 1.165) is 24.2 Å². The molecule has 2 fully saturated rings. The second-order valence-corrected chi connectivity index (χ2v) is 7.73. The van der Waals surface area contributed by atoms with Crippen LogP contribution in [0.3, 0.4) is 0 Å². The second kappa shape index (κ2) is 10.9. The van der Waals surface area contributed by atoms with Crippen molar-refractivity contribution in [2.45, 2.75) is 97.0 Å². The van der Waals surface area contributed by atoms with Crippen molar-refractivity contribution in [1.82, 2.24) is 0 Å². The SMILES string of the molecule is CCC/C=C/OC1CCC([C@H]2CC[C@H](/C=C/CCC)CC2)CC1. The van der Waals surface area contributed by atoms with Crippen LogP contribution in [0.15, 0.2) is 24.5 Å². The highest BCUT2D eigenvalue weighted by Crippen LogP contribution is 2.40. The fraction of sp³-hybridized carbons (Fsp3) is 0.818. The summed E-state index contributed by atoms with van der Waals surface area (Å²) in [6.07, 6.45) is 25.6. The molecule has 0 radical (unpaired) electrons. The fourth-order valence-electron chi connectivity index (χ4n) is 4.36. The molecule has 23 heavy (non-hydrogen) atoms. The number of hydrogen-bond donors (Lipinski definition) is 0. The predicted molar refractivity (Wildman–Crippen MR) is 100 cm³/mol. The molecular weight excluding hydrogens is 280 g/mol. The standard InChI is InChI=1S/C22H38O/c1-3-5-7-9-19-10-12-20(13-11-19)21-14-16-22(17-15-21)23-18-8-6-4-2/h7-9,18-22H,3-6,10-17H2,1-2H3/b9-7+,18-8+/t19-,20-,21?,22?. The van der Waals surface area contributed by atoms with Crippen LogP contribution in [0.1, 0.15) is 90.9 Å². The Balaban J connectivity index is 1.63. The van der Waals surface area contributed by atoms with Gasteiger partial charge in [-0.15, -0.1) is 0 Å². The lowest BCUT2D eigenvalue weighted by atomic mass is 9.70. The monoisotopic (exact) mass is 318 g/mol. The van der Waals surface area contributed by atoms with Gasteiger partial charge in [0.15, 0.2) is 0 Å². The summed E-state index contributed by atoms with van der Waals surface area (Å²) in [6, 6.07) is 0. The highest BCUT2D eigenvalue weighted by atomic mass is 16.5. The van der Waals surface area contributed by atoms with Crippen molar-refractivity contribution in [2.75, 3.05) is 0 Å². The molecule has 0 heterocycles. The maximum absolute atomic E-state index is 5.90. The van der Waals surface area contributed by atoms with Gasteiger partial charge in [0.25, 0.3) is 0 Å². The first-order valence-corrected chi connectivity index (χ1v) is 10.3. The summed E-state index contributed by atoms with van der Waals surface area (Å²) in [7, 11) is 0. The molecule has 0 N–H and O–H groups in total. The fourth-order valence-corrected chi connectivity index (χ4v) is 4.36. The smallest absolute Gasteiger partial charge is 0.0978 e. The van der Waals surface area contributed by atoms with E-state index in [1.54, 1.807) is 0 Å². The Morgan fingerprint density at radius 3 is 1.91 bits per heavy atom. The molecule has 132 valence electrons. The van der Waals surface area contributed by atoms with Crippen molar-refractivity contribution in [3.8, 4) is 0 Å². The van der Waals surface area contributed by atoms with Crippen LogP contribution in [0.25, 0.3) is 0 Å². The molecule has 1 heteroatoms. The zero-order valence-corrected chi connectivity index (χ0v) is 15.5. The molecule has 0 aromatic rings. The Bertz CT molecular complexity index is 341. The van der Waals surface area contributed by atoms with Gasteiger partial charge < -0.3 is 4.74 Å². The topological polar surface area (TPSA) is 9.23 Å². The molecule has 0 aromatic carbocycles. The quantitative estimate of drug-likeness (QED) is 0.344. The van der Waals surface area contributed by atoms with Gasteiger partial charge in [0, 0.05) is 0 Å². The normalized spacial score (nSPS) is 32.6. The summed E-state index contributed by atoms with van der Waals surface area (Å²) in [5, 5.41) is 0. The molecule has 0 aliphatic heterocycles. The van der Waals surface area contributed by atoms with Crippen molar-refractivity contribution >= 4 is 0 Å². The molecule has 0 atom stereocenters. The molecular formula is C22H38O. The van der Waals surface area contributed by atoms with Gasteiger partial charge in [-0.05, 0) is 88.0 Å². The van der Waals surface area contributed by atoms with Crippen LogP contribution in [0.2, 0.25) is 0 Å². The molecule has 1 nitrogen and oxygen atoms in total. The van der Waals surface area contributed by atoms with E-state index in [1.807, 2.05) is 6.26 Å². The minimum atomic E-state index is 0.493. The number of unbranched alkanes of at least 4 members (excludes halogenated alkanes) is 2. The second-order valence-electron chi connectivity index (χ2n) is 7.73. The van der Waals surface area contributed by atoms with E-state index < -0.39 is 0 Å². The molecule has 2 aliphatic carbocycles. The highest BCUT2D eigenvalue weighted by molar-refractivity contribution is 4.92. The number of rotatable bonds is 8. The van der Waals surface area contributed by atoms with E-state index in [4.69, 9.17) is 4.74 Å². The lowest BCUT2D eigenvalue weighted by molar-refractivity contribution is 0.0649. The van der Waals surface area contributed by atoms with Gasteiger partial charge in [0.2, 0.25) is 0 Å². The minimum absolute atomic E-state index is 0.493. The van der Waals surface area contributed by atoms with E-state index in [0.29, 0.717) is 6.10 Å². The van der Waals surface area contributed by atoms with Gasteiger partial charge in [-0.1, -0.05) is 38.8 Å². The van der Waals surface area contributed by atoms with Crippen molar-refractivity contribution in [3.63, 3.8) is 0 Å². The van der Waals surface area contributed by atoms with Crippen LogP contribution >= 0.6 is 0 Å². The van der Waals surface area contributed by atoms with Gasteiger partial charge in [-0.3, -0.25) is 0 Å². The molecule has 2 aliphatic rings. The third-order valence-electron chi connectivity index (χ3n) is 5.89. The maximum atomic E-state index is 5.90. The predicted octanol–water partition coefficient (Wildman–Crippen LogP) is 7.04. The largest absolute Gasteiger partial charge is 0.498 e. The third kappa shape index (κ3) is 6.73. The Hall–Kier alpha value is -0.720. The highest BCUT2D eigenvalue weighted by Gasteiger charge is 2.30. The summed E-state index contributed by atoms with van der Waals surface area (Å²) >= 11 is 0. The molecule has 0 saturated heterocycles. The number of allylic oxidation sites excluding steroid dienone is 3. The number of hydrogen-bond acceptors (Lipinski definition) is 1. The van der Waals surface area contributed by atoms with Crippen molar-refractivity contribution in [2.24, 2.45) is 17.8 Å². The van der Waals surface area contributed by atoms with Gasteiger partial charge in [0.1, 0.15) is 0 Å². The summed E-state index contributed by atoms with van der Waals surface area (Å²) in [5.41, 5.74) is 0. The third-order valence-corrected chi connectivity index (χ3v) is 5.89. The van der Waals surface area contributed by atoms with Crippen LogP contribution < -0.4 is 0 Å². The van der Waals surface area contributed by atoms with E-state index >= 15 is 0 Å². The minimum Gasteiger partial charge on any atom is -0.498 e. The average molecular weight is 319 g/mol. The van der Waals surface area contributed by atoms with Crippen LogP contribution in [-0.2, 0) is 4.74 Å². The molecule has 0 bridgehead atoms. The van der Waals surface area contributed by atoms with Crippen molar-refractivity contribution < 1.29 is 4.74 Å². The summed E-state index contributed by atoms with van der Waals surface area (Å²) in [6.45, 7) is 4.48. The van der Waals surface area contributed by atoms with Gasteiger partial charge in [0.05, 0.1) is 12.4 Å². The molecule has 2 rings (SSSR count). The van der Waals surface area contributed by atoms with Gasteiger partial charge in [-0.2, -0.15) is 0 Å². The zero-order chi connectivity index (χ0) is 16.3. The molecule has 0 spiro atoms. The van der Waals surface area contributed by atoms with Gasteiger partial charge >= 0.3 is 0 Å². The Morgan fingerprint density at radius 1 is 0.739 bits per heavy atom. The van der Waals surface area contributed by atoms with Crippen molar-refractivity contribution in [1.29, 1.82) is 0 Å². The Labute approximate surface area is 144 Å². The molecule has 0 amide bonds. The van der Waals surface area contributed by atoms with Crippen LogP contribution in [0.4, 0.5) is 0 Å². The van der Waals surface area contributed by atoms with Crippen LogP contribution in [0, 0.1) is 17.8 Å². The zero-order valence-electron chi connectivity index (χ0n) is 15.5. The molecule has 0 unspecified atom stereocenters. The molecule has 2 saturated carbocycles. The van der Waals surface area contributed by atoms with Gasteiger partial charge in [-0.25, -0.2) is 0 Å². The lowest BCUT2D eigenvalue weighted by Crippen LogP contribution is -2.27. The van der Waals surface area contributed by atoms with Crippen molar-refractivity contribution in [3.05, 3.63) is 24.5 Å². The van der Waals surface area contributed by atoms with E-state index in [2.05, 4.69) is 32.1 Å². The first-order chi connectivity index (χ1) is 11.3. The van der Waals surface area contributed by atoms with Crippen LogP contribution in [0.5, 0.6) is 0 Å². The Kier molecular flexibility index (Phi) is 8.86. The van der Waals surface area contributed by atoms with E-state index in [1.165, 1.54) is 70.6 Å². The van der Waals surface area contributed by atoms with E-state index in [-0.39, 0.29) is 0 Å². The lowest BCUT2D eigenvalue weighted by Gasteiger charge is -2.37. The first kappa shape index (κ1) is 18.6. The Morgan fingerprint density at radius 2 is 1.30 bits per heavy atom. The maximum Gasteiger partial charge on any atom is 0.0978 e. The summed E-state index contributed by atoms with van der Waals surface area (Å²) in [5.74, 6) is 2.86. The molecule has 0 aromatic heterocycles. The first-order valence-electron chi connectivity index (χ1n) is 10.3. The van der Waals surface area contributed by atoms with E-state index in [9.17, 15) is 0 Å². The van der Waals surface area contributed by atoms with Crippen LogP contribution in [-0.4, -0.2) is 6.10 Å². The average Bonchev–Trinajstić information content (AvgIpc) is 2.60. The summed E-state index contributed by atoms with van der Waals surface area (Å²) in [4.78, 5) is 0. The summed E-state index contributed by atoms with van der Waals surface area (Å²) < 4.78 is 5.90.